The summed E-state index contributed by atoms with van der Waals surface area (Å²) in [6.07, 6.45) is 0. The Labute approximate surface area is 142 Å². The number of rotatable bonds is 5. The van der Waals surface area contributed by atoms with Crippen LogP contribution >= 0.6 is 0 Å². The lowest BCUT2D eigenvalue weighted by Crippen LogP contribution is -3.14. The number of hydrogen-bond donors (Lipinski definition) is 1. The molecular formula is C19H25N2O3+. The first-order valence-corrected chi connectivity index (χ1v) is 8.38. The van der Waals surface area contributed by atoms with Gasteiger partial charge in [0.25, 0.3) is 0 Å². The van der Waals surface area contributed by atoms with Crippen LogP contribution in [0.1, 0.15) is 21.7 Å². The number of nitrogens with one attached hydrogen (secondary N) is 1. The quantitative estimate of drug-likeness (QED) is 0.839. The molecule has 0 atom stereocenters. The molecule has 128 valence electrons. The number of nitrogens with zero attached hydrogens (tertiary/aromatic N) is 1. The van der Waals surface area contributed by atoms with Crippen LogP contribution in [0.25, 0.3) is 5.69 Å². The van der Waals surface area contributed by atoms with Gasteiger partial charge in [0.1, 0.15) is 25.4 Å². The summed E-state index contributed by atoms with van der Waals surface area (Å²) in [5, 5.41) is 0. The minimum absolute atomic E-state index is 0.208. The summed E-state index contributed by atoms with van der Waals surface area (Å²) in [5.41, 5.74) is 3.93. The van der Waals surface area contributed by atoms with Crippen molar-refractivity contribution < 1.29 is 19.2 Å². The van der Waals surface area contributed by atoms with E-state index in [2.05, 4.69) is 4.57 Å². The van der Waals surface area contributed by atoms with Crippen LogP contribution in [-0.2, 0) is 4.74 Å². The van der Waals surface area contributed by atoms with Gasteiger partial charge >= 0.3 is 0 Å². The van der Waals surface area contributed by atoms with Crippen molar-refractivity contribution in [3.63, 3.8) is 0 Å². The molecule has 1 aromatic carbocycles. The fraction of sp³-hybridized carbons (Fsp3) is 0.421. The third kappa shape index (κ3) is 3.37. The minimum Gasteiger partial charge on any atom is -0.497 e. The van der Waals surface area contributed by atoms with E-state index in [1.807, 2.05) is 44.2 Å². The standard InChI is InChI=1S/C19H24N2O3/c1-14-12-18(19(22)13-20-8-10-24-11-9-20)15(2)21(14)16-4-6-17(23-3)7-5-16/h4-7,12H,8-11,13H2,1-3H3/p+1. The highest BCUT2D eigenvalue weighted by Gasteiger charge is 2.22. The summed E-state index contributed by atoms with van der Waals surface area (Å²) in [4.78, 5) is 14.0. The van der Waals surface area contributed by atoms with E-state index >= 15 is 0 Å². The van der Waals surface area contributed by atoms with Gasteiger partial charge in [0.2, 0.25) is 5.78 Å². The normalized spacial score (nSPS) is 15.5. The van der Waals surface area contributed by atoms with Crippen LogP contribution in [0.4, 0.5) is 0 Å². The largest absolute Gasteiger partial charge is 0.497 e. The van der Waals surface area contributed by atoms with Crippen molar-refractivity contribution in [3.8, 4) is 11.4 Å². The summed E-state index contributed by atoms with van der Waals surface area (Å²) < 4.78 is 12.7. The molecule has 5 heteroatoms. The molecule has 0 radical (unpaired) electrons. The molecule has 0 aliphatic carbocycles. The van der Waals surface area contributed by atoms with E-state index in [9.17, 15) is 4.79 Å². The molecule has 1 aromatic heterocycles. The molecule has 0 spiro atoms. The number of carbonyl (C=O) groups is 1. The Morgan fingerprint density at radius 1 is 1.21 bits per heavy atom. The molecule has 0 bridgehead atoms. The maximum Gasteiger partial charge on any atom is 0.218 e. The van der Waals surface area contributed by atoms with Crippen molar-refractivity contribution in [2.24, 2.45) is 0 Å². The first kappa shape index (κ1) is 16.7. The van der Waals surface area contributed by atoms with Gasteiger partial charge in [-0.15, -0.1) is 0 Å². The molecule has 5 nitrogen and oxygen atoms in total. The van der Waals surface area contributed by atoms with E-state index < -0.39 is 0 Å². The van der Waals surface area contributed by atoms with Crippen LogP contribution in [0.3, 0.4) is 0 Å². The number of ketones is 1. The Morgan fingerprint density at radius 2 is 1.88 bits per heavy atom. The SMILES string of the molecule is COc1ccc(-n2c(C)cc(C(=O)C[NH+]3CCOCC3)c2C)cc1. The van der Waals surface area contributed by atoms with Gasteiger partial charge in [0.15, 0.2) is 0 Å². The van der Waals surface area contributed by atoms with Crippen LogP contribution in [0.5, 0.6) is 5.75 Å². The summed E-state index contributed by atoms with van der Waals surface area (Å²) in [6, 6.07) is 9.91. The van der Waals surface area contributed by atoms with Crippen molar-refractivity contribution in [2.75, 3.05) is 40.0 Å². The van der Waals surface area contributed by atoms with Gasteiger partial charge in [-0.1, -0.05) is 0 Å². The molecule has 3 rings (SSSR count). The first-order chi connectivity index (χ1) is 11.6. The van der Waals surface area contributed by atoms with Gasteiger partial charge in [0.05, 0.1) is 20.3 Å². The number of Topliss-reactive ketones (excluding diaryl/α,β-unsaturated/α-hetero) is 1. The van der Waals surface area contributed by atoms with Crippen LogP contribution in [-0.4, -0.2) is 50.3 Å². The molecule has 0 saturated carbocycles. The maximum absolute atomic E-state index is 12.7. The monoisotopic (exact) mass is 329 g/mol. The molecule has 0 unspecified atom stereocenters. The Morgan fingerprint density at radius 3 is 2.50 bits per heavy atom. The zero-order valence-electron chi connectivity index (χ0n) is 14.6. The Hall–Kier alpha value is -2.11. The van der Waals surface area contributed by atoms with Crippen molar-refractivity contribution in [1.82, 2.24) is 4.57 Å². The van der Waals surface area contributed by atoms with E-state index in [1.54, 1.807) is 7.11 Å². The fourth-order valence-corrected chi connectivity index (χ4v) is 3.33. The van der Waals surface area contributed by atoms with E-state index in [1.165, 1.54) is 4.90 Å². The number of methoxy groups -OCH3 is 1. The topological polar surface area (TPSA) is 44.9 Å². The Bertz CT molecular complexity index is 713. The highest BCUT2D eigenvalue weighted by molar-refractivity contribution is 5.98. The van der Waals surface area contributed by atoms with Crippen LogP contribution in [0, 0.1) is 13.8 Å². The minimum atomic E-state index is 0.208. The molecular weight excluding hydrogens is 304 g/mol. The third-order valence-corrected chi connectivity index (χ3v) is 4.67. The number of aryl methyl sites for hydroxylation is 1. The van der Waals surface area contributed by atoms with Gasteiger partial charge in [-0.05, 0) is 44.2 Å². The maximum atomic E-state index is 12.7. The number of quaternary nitrogens is 1. The highest BCUT2D eigenvalue weighted by Crippen LogP contribution is 2.22. The summed E-state index contributed by atoms with van der Waals surface area (Å²) >= 11 is 0. The Kier molecular flexibility index (Phi) is 5.02. The average Bonchev–Trinajstić information content (AvgIpc) is 2.90. The molecule has 2 heterocycles. The fourth-order valence-electron chi connectivity index (χ4n) is 3.33. The smallest absolute Gasteiger partial charge is 0.218 e. The molecule has 2 aromatic rings. The summed E-state index contributed by atoms with van der Waals surface area (Å²) in [7, 11) is 1.66. The van der Waals surface area contributed by atoms with Crippen molar-refractivity contribution >= 4 is 5.78 Å². The van der Waals surface area contributed by atoms with Crippen LogP contribution in [0.15, 0.2) is 30.3 Å². The van der Waals surface area contributed by atoms with Gasteiger partial charge in [0, 0.05) is 22.6 Å². The predicted molar refractivity (Wildman–Crippen MR) is 92.5 cm³/mol. The van der Waals surface area contributed by atoms with Gasteiger partial charge in [-0.3, -0.25) is 4.79 Å². The number of aromatic nitrogens is 1. The highest BCUT2D eigenvalue weighted by atomic mass is 16.5. The molecule has 1 aliphatic rings. The molecule has 0 amide bonds. The van der Waals surface area contributed by atoms with Crippen LogP contribution < -0.4 is 9.64 Å². The Balaban J connectivity index is 1.83. The van der Waals surface area contributed by atoms with Crippen molar-refractivity contribution in [1.29, 1.82) is 0 Å². The lowest BCUT2D eigenvalue weighted by molar-refractivity contribution is -0.899. The second kappa shape index (κ2) is 7.20. The van der Waals surface area contributed by atoms with Crippen LogP contribution in [0.2, 0.25) is 0 Å². The second-order valence-corrected chi connectivity index (χ2v) is 6.28. The van der Waals surface area contributed by atoms with E-state index in [4.69, 9.17) is 9.47 Å². The molecule has 1 aliphatic heterocycles. The number of ether oxygens (including phenoxy) is 2. The predicted octanol–water partition coefficient (Wildman–Crippen LogP) is 1.20. The first-order valence-electron chi connectivity index (χ1n) is 8.38. The summed E-state index contributed by atoms with van der Waals surface area (Å²) in [5.74, 6) is 1.04. The van der Waals surface area contributed by atoms with Crippen molar-refractivity contribution in [3.05, 3.63) is 47.3 Å². The van der Waals surface area contributed by atoms with E-state index in [0.717, 1.165) is 54.7 Å². The second-order valence-electron chi connectivity index (χ2n) is 6.28. The van der Waals surface area contributed by atoms with E-state index in [0.29, 0.717) is 6.54 Å². The molecule has 1 saturated heterocycles. The van der Waals surface area contributed by atoms with Gasteiger partial charge in [-0.2, -0.15) is 0 Å². The van der Waals surface area contributed by atoms with Crippen molar-refractivity contribution in [2.45, 2.75) is 13.8 Å². The summed E-state index contributed by atoms with van der Waals surface area (Å²) in [6.45, 7) is 7.89. The molecule has 1 N–H and O–H groups in total. The van der Waals surface area contributed by atoms with Gasteiger partial charge < -0.3 is 18.9 Å². The number of morpholine rings is 1. The number of carbonyl (C=O) groups excluding carboxylic acids is 1. The van der Waals surface area contributed by atoms with E-state index in [-0.39, 0.29) is 5.78 Å². The lowest BCUT2D eigenvalue weighted by atomic mass is 10.1. The zero-order chi connectivity index (χ0) is 17.1. The lowest BCUT2D eigenvalue weighted by Gasteiger charge is -2.22. The number of benzene rings is 1. The molecule has 24 heavy (non-hydrogen) atoms. The molecule has 1 fully saturated rings. The third-order valence-electron chi connectivity index (χ3n) is 4.67. The number of hydrogen-bond acceptors (Lipinski definition) is 3. The average molecular weight is 329 g/mol. The zero-order valence-corrected chi connectivity index (χ0v) is 14.6. The van der Waals surface area contributed by atoms with Gasteiger partial charge in [-0.25, -0.2) is 0 Å².